The monoisotopic (exact) mass is 227 g/mol. The van der Waals surface area contributed by atoms with E-state index in [2.05, 4.69) is 15.5 Å². The average Bonchev–Trinajstić information content (AvgIpc) is 2.84. The van der Waals surface area contributed by atoms with Crippen LogP contribution in [0.25, 0.3) is 0 Å². The fraction of sp³-hybridized carbons (Fsp3) is 0.800. The van der Waals surface area contributed by atoms with E-state index < -0.39 is 0 Å². The Kier molecular flexibility index (Phi) is 4.02. The average molecular weight is 227 g/mol. The van der Waals surface area contributed by atoms with Crippen molar-refractivity contribution in [3.05, 3.63) is 5.89 Å². The van der Waals surface area contributed by atoms with E-state index in [-0.39, 0.29) is 0 Å². The minimum absolute atomic E-state index is 0.648. The molecule has 1 atom stereocenters. The summed E-state index contributed by atoms with van der Waals surface area (Å²) >= 11 is 1.66. The van der Waals surface area contributed by atoms with E-state index >= 15 is 0 Å². The van der Waals surface area contributed by atoms with Crippen molar-refractivity contribution < 1.29 is 4.42 Å². The van der Waals surface area contributed by atoms with E-state index in [4.69, 9.17) is 4.42 Å². The van der Waals surface area contributed by atoms with Crippen LogP contribution in [0, 0.1) is 6.92 Å². The van der Waals surface area contributed by atoms with E-state index in [1.165, 1.54) is 32.2 Å². The molecule has 0 radical (unpaired) electrons. The van der Waals surface area contributed by atoms with Gasteiger partial charge in [-0.3, -0.25) is 0 Å². The van der Waals surface area contributed by atoms with Crippen LogP contribution in [0.15, 0.2) is 9.64 Å². The van der Waals surface area contributed by atoms with Crippen LogP contribution in [0.2, 0.25) is 0 Å². The van der Waals surface area contributed by atoms with Crippen molar-refractivity contribution in [3.8, 4) is 0 Å². The molecule has 1 fully saturated rings. The summed E-state index contributed by atoms with van der Waals surface area (Å²) in [5.41, 5.74) is 0. The summed E-state index contributed by atoms with van der Waals surface area (Å²) in [7, 11) is 0. The summed E-state index contributed by atoms with van der Waals surface area (Å²) in [5, 5.41) is 11.9. The number of rotatable bonds is 5. The SMILES string of the molecule is Cc1nnc(SCCCC2CCCN2)o1. The summed E-state index contributed by atoms with van der Waals surface area (Å²) in [6.45, 7) is 3.01. The molecule has 0 spiro atoms. The van der Waals surface area contributed by atoms with Crippen molar-refractivity contribution in [1.29, 1.82) is 0 Å². The molecule has 1 N–H and O–H groups in total. The van der Waals surface area contributed by atoms with Crippen LogP contribution in [0.3, 0.4) is 0 Å². The molecule has 1 aliphatic heterocycles. The standard InChI is InChI=1S/C10H17N3OS/c1-8-12-13-10(14-8)15-7-3-5-9-4-2-6-11-9/h9,11H,2-7H2,1H3. The Morgan fingerprint density at radius 1 is 1.53 bits per heavy atom. The highest BCUT2D eigenvalue weighted by Crippen LogP contribution is 2.19. The number of aryl methyl sites for hydroxylation is 1. The molecule has 1 aromatic rings. The smallest absolute Gasteiger partial charge is 0.276 e. The molecule has 1 aliphatic rings. The quantitative estimate of drug-likeness (QED) is 0.616. The third-order valence-corrected chi connectivity index (χ3v) is 3.50. The molecule has 0 bridgehead atoms. The molecule has 0 aliphatic carbocycles. The Bertz CT molecular complexity index is 297. The van der Waals surface area contributed by atoms with E-state index in [1.54, 1.807) is 11.8 Å². The molecule has 1 aromatic heterocycles. The Morgan fingerprint density at radius 2 is 2.47 bits per heavy atom. The Morgan fingerprint density at radius 3 is 3.13 bits per heavy atom. The zero-order valence-corrected chi connectivity index (χ0v) is 9.85. The molecule has 0 amide bonds. The van der Waals surface area contributed by atoms with E-state index in [1.807, 2.05) is 6.92 Å². The lowest BCUT2D eigenvalue weighted by Gasteiger charge is -2.07. The molecule has 1 saturated heterocycles. The Balaban J connectivity index is 1.58. The first-order valence-electron chi connectivity index (χ1n) is 5.51. The third-order valence-electron chi connectivity index (χ3n) is 2.59. The maximum atomic E-state index is 5.28. The van der Waals surface area contributed by atoms with E-state index in [9.17, 15) is 0 Å². The highest BCUT2D eigenvalue weighted by Gasteiger charge is 2.13. The fourth-order valence-corrected chi connectivity index (χ4v) is 2.59. The topological polar surface area (TPSA) is 51.0 Å². The van der Waals surface area contributed by atoms with Gasteiger partial charge >= 0.3 is 0 Å². The first-order valence-corrected chi connectivity index (χ1v) is 6.49. The van der Waals surface area contributed by atoms with Gasteiger partial charge in [-0.25, -0.2) is 0 Å². The van der Waals surface area contributed by atoms with Gasteiger partial charge < -0.3 is 9.73 Å². The molecule has 84 valence electrons. The fourth-order valence-electron chi connectivity index (χ4n) is 1.83. The van der Waals surface area contributed by atoms with Gasteiger partial charge in [-0.1, -0.05) is 11.8 Å². The summed E-state index contributed by atoms with van der Waals surface area (Å²) in [6, 6.07) is 0.745. The number of hydrogen-bond donors (Lipinski definition) is 1. The summed E-state index contributed by atoms with van der Waals surface area (Å²) in [6.07, 6.45) is 5.15. The normalized spacial score (nSPS) is 21.0. The minimum Gasteiger partial charge on any atom is -0.416 e. The van der Waals surface area contributed by atoms with Crippen LogP contribution < -0.4 is 5.32 Å². The van der Waals surface area contributed by atoms with Crippen LogP contribution in [-0.4, -0.2) is 28.5 Å². The lowest BCUT2D eigenvalue weighted by molar-refractivity contribution is 0.429. The molecule has 4 nitrogen and oxygen atoms in total. The van der Waals surface area contributed by atoms with Gasteiger partial charge in [0.2, 0.25) is 5.89 Å². The summed E-state index contributed by atoms with van der Waals surface area (Å²) in [5.74, 6) is 1.72. The van der Waals surface area contributed by atoms with Gasteiger partial charge in [0.15, 0.2) is 0 Å². The predicted molar refractivity (Wildman–Crippen MR) is 60.0 cm³/mol. The lowest BCUT2D eigenvalue weighted by atomic mass is 10.1. The van der Waals surface area contributed by atoms with Gasteiger partial charge in [0.25, 0.3) is 5.22 Å². The lowest BCUT2D eigenvalue weighted by Crippen LogP contribution is -2.20. The summed E-state index contributed by atoms with van der Waals surface area (Å²) < 4.78 is 5.28. The zero-order chi connectivity index (χ0) is 10.5. The van der Waals surface area contributed by atoms with Crippen LogP contribution in [0.5, 0.6) is 0 Å². The third kappa shape index (κ3) is 3.50. The first kappa shape index (κ1) is 11.0. The minimum atomic E-state index is 0.648. The van der Waals surface area contributed by atoms with Crippen molar-refractivity contribution in [2.75, 3.05) is 12.3 Å². The van der Waals surface area contributed by atoms with Crippen LogP contribution in [0.1, 0.15) is 31.6 Å². The molecular weight excluding hydrogens is 210 g/mol. The Hall–Kier alpha value is -0.550. The molecule has 5 heteroatoms. The highest BCUT2D eigenvalue weighted by atomic mass is 32.2. The van der Waals surface area contributed by atoms with Crippen molar-refractivity contribution >= 4 is 11.8 Å². The second-order valence-corrected chi connectivity index (χ2v) is 4.92. The van der Waals surface area contributed by atoms with Crippen LogP contribution in [0.4, 0.5) is 0 Å². The maximum Gasteiger partial charge on any atom is 0.276 e. The second kappa shape index (κ2) is 5.51. The van der Waals surface area contributed by atoms with Gasteiger partial charge in [-0.2, -0.15) is 0 Å². The zero-order valence-electron chi connectivity index (χ0n) is 9.03. The molecule has 1 unspecified atom stereocenters. The molecule has 0 aromatic carbocycles. The highest BCUT2D eigenvalue weighted by molar-refractivity contribution is 7.99. The van der Waals surface area contributed by atoms with Gasteiger partial charge in [0.05, 0.1) is 0 Å². The summed E-state index contributed by atoms with van der Waals surface area (Å²) in [4.78, 5) is 0. The van der Waals surface area contributed by atoms with Crippen molar-refractivity contribution in [2.24, 2.45) is 0 Å². The predicted octanol–water partition coefficient (Wildman–Crippen LogP) is 2.00. The molecule has 15 heavy (non-hydrogen) atoms. The van der Waals surface area contributed by atoms with Crippen molar-refractivity contribution in [2.45, 2.75) is 43.9 Å². The first-order chi connectivity index (χ1) is 7.34. The molecule has 2 heterocycles. The van der Waals surface area contributed by atoms with Gasteiger partial charge in [-0.05, 0) is 32.2 Å². The van der Waals surface area contributed by atoms with Gasteiger partial charge in [-0.15, -0.1) is 10.2 Å². The van der Waals surface area contributed by atoms with E-state index in [0.29, 0.717) is 11.1 Å². The van der Waals surface area contributed by atoms with E-state index in [0.717, 1.165) is 11.8 Å². The Labute approximate surface area is 94.2 Å². The number of thioether (sulfide) groups is 1. The maximum absolute atomic E-state index is 5.28. The molecule has 0 saturated carbocycles. The van der Waals surface area contributed by atoms with Crippen LogP contribution in [-0.2, 0) is 0 Å². The number of hydrogen-bond acceptors (Lipinski definition) is 5. The largest absolute Gasteiger partial charge is 0.416 e. The number of nitrogens with zero attached hydrogens (tertiary/aromatic N) is 2. The number of aromatic nitrogens is 2. The second-order valence-electron chi connectivity index (χ2n) is 3.87. The van der Waals surface area contributed by atoms with Crippen LogP contribution >= 0.6 is 11.8 Å². The van der Waals surface area contributed by atoms with Gasteiger partial charge in [0, 0.05) is 18.7 Å². The molecule has 2 rings (SSSR count). The number of nitrogens with one attached hydrogen (secondary N) is 1. The van der Waals surface area contributed by atoms with Crippen molar-refractivity contribution in [3.63, 3.8) is 0 Å². The van der Waals surface area contributed by atoms with Crippen molar-refractivity contribution in [1.82, 2.24) is 15.5 Å². The molecular formula is C10H17N3OS. The van der Waals surface area contributed by atoms with Gasteiger partial charge in [0.1, 0.15) is 0 Å².